The van der Waals surface area contributed by atoms with Crippen molar-refractivity contribution in [2.45, 2.75) is 57.3 Å². The SMILES string of the molecule is c1cc(CN2CCCN3CCCC3C2)oc1CNC1CC1. The minimum absolute atomic E-state index is 0.748. The highest BCUT2D eigenvalue weighted by molar-refractivity contribution is 5.08. The van der Waals surface area contributed by atoms with Crippen molar-refractivity contribution in [1.82, 2.24) is 15.1 Å². The number of nitrogens with one attached hydrogen (secondary N) is 1. The van der Waals surface area contributed by atoms with Gasteiger partial charge in [-0.25, -0.2) is 0 Å². The molecular formula is C17H27N3O. The van der Waals surface area contributed by atoms with Crippen LogP contribution in [0.2, 0.25) is 0 Å². The average molecular weight is 289 g/mol. The minimum Gasteiger partial charge on any atom is -0.463 e. The van der Waals surface area contributed by atoms with Gasteiger partial charge in [-0.2, -0.15) is 0 Å². The lowest BCUT2D eigenvalue weighted by Gasteiger charge is -2.24. The molecule has 1 N–H and O–H groups in total. The lowest BCUT2D eigenvalue weighted by Crippen LogP contribution is -2.36. The van der Waals surface area contributed by atoms with Gasteiger partial charge in [-0.3, -0.25) is 9.80 Å². The first-order valence-corrected chi connectivity index (χ1v) is 8.64. The number of fused-ring (bicyclic) bond motifs is 1. The quantitative estimate of drug-likeness (QED) is 0.900. The molecular weight excluding hydrogens is 262 g/mol. The van der Waals surface area contributed by atoms with Crippen LogP contribution in [0.3, 0.4) is 0 Å². The third kappa shape index (κ3) is 3.50. The van der Waals surface area contributed by atoms with E-state index in [9.17, 15) is 0 Å². The van der Waals surface area contributed by atoms with Crippen LogP contribution in [-0.4, -0.2) is 48.1 Å². The Balaban J connectivity index is 1.31. The van der Waals surface area contributed by atoms with E-state index in [0.29, 0.717) is 0 Å². The molecule has 21 heavy (non-hydrogen) atoms. The van der Waals surface area contributed by atoms with Crippen LogP contribution in [0.25, 0.3) is 0 Å². The van der Waals surface area contributed by atoms with Gasteiger partial charge in [0.1, 0.15) is 11.5 Å². The van der Waals surface area contributed by atoms with Crippen molar-refractivity contribution in [1.29, 1.82) is 0 Å². The van der Waals surface area contributed by atoms with E-state index >= 15 is 0 Å². The normalized spacial score (nSPS) is 27.7. The Labute approximate surface area is 127 Å². The molecule has 0 spiro atoms. The third-order valence-corrected chi connectivity index (χ3v) is 5.13. The molecule has 1 atom stereocenters. The molecule has 1 aromatic heterocycles. The Morgan fingerprint density at radius 3 is 2.81 bits per heavy atom. The van der Waals surface area contributed by atoms with E-state index in [4.69, 9.17) is 4.42 Å². The van der Waals surface area contributed by atoms with E-state index in [1.807, 2.05) is 0 Å². The van der Waals surface area contributed by atoms with Gasteiger partial charge in [0, 0.05) is 18.6 Å². The Hall–Kier alpha value is -0.840. The van der Waals surface area contributed by atoms with Crippen LogP contribution in [0.4, 0.5) is 0 Å². The van der Waals surface area contributed by atoms with Crippen LogP contribution in [-0.2, 0) is 13.1 Å². The number of nitrogens with zero attached hydrogens (tertiary/aromatic N) is 2. The number of furan rings is 1. The van der Waals surface area contributed by atoms with Crippen molar-refractivity contribution in [2.75, 3.05) is 26.2 Å². The molecule has 1 aliphatic carbocycles. The molecule has 1 aromatic rings. The van der Waals surface area contributed by atoms with E-state index in [1.54, 1.807) is 0 Å². The van der Waals surface area contributed by atoms with Gasteiger partial charge >= 0.3 is 0 Å². The molecule has 4 nitrogen and oxygen atoms in total. The van der Waals surface area contributed by atoms with Gasteiger partial charge in [0.25, 0.3) is 0 Å². The van der Waals surface area contributed by atoms with E-state index in [0.717, 1.165) is 36.7 Å². The maximum atomic E-state index is 6.00. The lowest BCUT2D eigenvalue weighted by molar-refractivity contribution is 0.204. The molecule has 0 radical (unpaired) electrons. The average Bonchev–Trinajstić information content (AvgIpc) is 3.11. The summed E-state index contributed by atoms with van der Waals surface area (Å²) in [4.78, 5) is 5.28. The number of hydrogen-bond donors (Lipinski definition) is 1. The van der Waals surface area contributed by atoms with Gasteiger partial charge in [0.05, 0.1) is 13.1 Å². The molecule has 4 rings (SSSR count). The second kappa shape index (κ2) is 6.11. The maximum Gasteiger partial charge on any atom is 0.118 e. The van der Waals surface area contributed by atoms with Gasteiger partial charge in [-0.05, 0) is 63.9 Å². The van der Waals surface area contributed by atoms with E-state index in [-0.39, 0.29) is 0 Å². The summed E-state index contributed by atoms with van der Waals surface area (Å²) in [5, 5.41) is 3.52. The summed E-state index contributed by atoms with van der Waals surface area (Å²) >= 11 is 0. The third-order valence-electron chi connectivity index (χ3n) is 5.13. The highest BCUT2D eigenvalue weighted by Crippen LogP contribution is 2.23. The predicted molar refractivity (Wildman–Crippen MR) is 83.1 cm³/mol. The highest BCUT2D eigenvalue weighted by Gasteiger charge is 2.28. The summed E-state index contributed by atoms with van der Waals surface area (Å²) in [7, 11) is 0. The number of hydrogen-bond acceptors (Lipinski definition) is 4. The first kappa shape index (κ1) is 13.8. The molecule has 4 heteroatoms. The maximum absolute atomic E-state index is 6.00. The topological polar surface area (TPSA) is 31.6 Å². The van der Waals surface area contributed by atoms with Crippen LogP contribution in [0.1, 0.15) is 43.6 Å². The largest absolute Gasteiger partial charge is 0.463 e. The fourth-order valence-electron chi connectivity index (χ4n) is 3.78. The van der Waals surface area contributed by atoms with Gasteiger partial charge in [-0.15, -0.1) is 0 Å². The van der Waals surface area contributed by atoms with Crippen LogP contribution in [0, 0.1) is 0 Å². The van der Waals surface area contributed by atoms with Crippen LogP contribution in [0.15, 0.2) is 16.5 Å². The van der Waals surface area contributed by atoms with Crippen LogP contribution < -0.4 is 5.32 Å². The zero-order valence-electron chi connectivity index (χ0n) is 12.9. The van der Waals surface area contributed by atoms with Crippen molar-refractivity contribution in [3.63, 3.8) is 0 Å². The van der Waals surface area contributed by atoms with Gasteiger partial charge < -0.3 is 9.73 Å². The summed E-state index contributed by atoms with van der Waals surface area (Å²) in [5.74, 6) is 2.23. The van der Waals surface area contributed by atoms with Crippen molar-refractivity contribution < 1.29 is 4.42 Å². The van der Waals surface area contributed by atoms with Gasteiger partial charge in [-0.1, -0.05) is 0 Å². The standard InChI is InChI=1S/C17H27N3O/c1-3-15-12-19(8-2-10-20(15)9-1)13-17-7-6-16(21-17)11-18-14-4-5-14/h6-7,14-15,18H,1-5,8-13H2. The zero-order chi connectivity index (χ0) is 14.1. The summed E-state index contributed by atoms with van der Waals surface area (Å²) in [5.41, 5.74) is 0. The first-order chi connectivity index (χ1) is 10.4. The molecule has 3 heterocycles. The lowest BCUT2D eigenvalue weighted by atomic mass is 10.2. The van der Waals surface area contributed by atoms with Gasteiger partial charge in [0.2, 0.25) is 0 Å². The second-order valence-corrected chi connectivity index (χ2v) is 6.94. The zero-order valence-corrected chi connectivity index (χ0v) is 12.9. The second-order valence-electron chi connectivity index (χ2n) is 6.94. The van der Waals surface area contributed by atoms with E-state index < -0.39 is 0 Å². The Morgan fingerprint density at radius 2 is 1.90 bits per heavy atom. The molecule has 3 fully saturated rings. The van der Waals surface area contributed by atoms with Crippen molar-refractivity contribution in [2.24, 2.45) is 0 Å². The van der Waals surface area contributed by atoms with E-state index in [2.05, 4.69) is 27.2 Å². The summed E-state index contributed by atoms with van der Waals surface area (Å²) < 4.78 is 6.00. The minimum atomic E-state index is 0.748. The smallest absolute Gasteiger partial charge is 0.118 e. The monoisotopic (exact) mass is 289 g/mol. The van der Waals surface area contributed by atoms with Gasteiger partial charge in [0.15, 0.2) is 0 Å². The summed E-state index contributed by atoms with van der Waals surface area (Å²) in [6.45, 7) is 6.90. The van der Waals surface area contributed by atoms with E-state index in [1.165, 1.54) is 58.3 Å². The van der Waals surface area contributed by atoms with Crippen molar-refractivity contribution >= 4 is 0 Å². The fraction of sp³-hybridized carbons (Fsp3) is 0.765. The fourth-order valence-corrected chi connectivity index (χ4v) is 3.78. The summed E-state index contributed by atoms with van der Waals surface area (Å²) in [6.07, 6.45) is 6.73. The molecule has 116 valence electrons. The van der Waals surface area contributed by atoms with Crippen LogP contribution >= 0.6 is 0 Å². The van der Waals surface area contributed by atoms with Crippen molar-refractivity contribution in [3.8, 4) is 0 Å². The molecule has 0 amide bonds. The predicted octanol–water partition coefficient (Wildman–Crippen LogP) is 2.20. The molecule has 3 aliphatic rings. The molecule has 2 aliphatic heterocycles. The Kier molecular flexibility index (Phi) is 4.01. The summed E-state index contributed by atoms with van der Waals surface area (Å²) in [6, 6.07) is 5.85. The Morgan fingerprint density at radius 1 is 1.05 bits per heavy atom. The first-order valence-electron chi connectivity index (χ1n) is 8.64. The molecule has 0 bridgehead atoms. The van der Waals surface area contributed by atoms with Crippen molar-refractivity contribution in [3.05, 3.63) is 23.7 Å². The molecule has 1 unspecified atom stereocenters. The Bertz CT molecular complexity index is 468. The molecule has 1 saturated carbocycles. The highest BCUT2D eigenvalue weighted by atomic mass is 16.3. The molecule has 2 saturated heterocycles. The number of rotatable bonds is 5. The van der Waals surface area contributed by atoms with Crippen LogP contribution in [0.5, 0.6) is 0 Å². The molecule has 0 aromatic carbocycles.